The lowest BCUT2D eigenvalue weighted by Gasteiger charge is -2.07. The Hall–Kier alpha value is -0.770. The van der Waals surface area contributed by atoms with Gasteiger partial charge in [0.2, 0.25) is 0 Å². The van der Waals surface area contributed by atoms with Crippen LogP contribution in [0.5, 0.6) is 0 Å². The number of rotatable bonds is 2. The fourth-order valence-electron chi connectivity index (χ4n) is 1.78. The maximum atomic E-state index is 6.33. The molecule has 0 atom stereocenters. The third-order valence-electron chi connectivity index (χ3n) is 2.51. The maximum absolute atomic E-state index is 6.33. The second kappa shape index (κ2) is 5.47. The molecular formula is C13H14Cl2N2S. The summed E-state index contributed by atoms with van der Waals surface area (Å²) in [4.78, 5) is 0. The van der Waals surface area contributed by atoms with E-state index >= 15 is 0 Å². The van der Waals surface area contributed by atoms with Gasteiger partial charge in [-0.1, -0.05) is 35.3 Å². The van der Waals surface area contributed by atoms with Crippen LogP contribution in [0, 0.1) is 0 Å². The van der Waals surface area contributed by atoms with Gasteiger partial charge in [0, 0.05) is 12.6 Å². The van der Waals surface area contributed by atoms with Gasteiger partial charge in [-0.15, -0.1) is 0 Å². The summed E-state index contributed by atoms with van der Waals surface area (Å²) >= 11 is 12.5. The van der Waals surface area contributed by atoms with E-state index in [0.29, 0.717) is 10.0 Å². The highest BCUT2D eigenvalue weighted by atomic mass is 35.5. The molecule has 0 saturated heterocycles. The molecule has 0 saturated carbocycles. The average molecular weight is 301 g/mol. The Bertz CT molecular complexity index is 594. The Labute approximate surface area is 119 Å². The molecule has 0 bridgehead atoms. The fraction of sp³-hybridized carbons (Fsp3) is 0.231. The number of hydrogen-bond donors (Lipinski definition) is 0. The Morgan fingerprint density at radius 3 is 2.44 bits per heavy atom. The third kappa shape index (κ3) is 2.79. The van der Waals surface area contributed by atoms with E-state index in [-0.39, 0.29) is 10.5 Å². The third-order valence-corrected chi connectivity index (χ3v) is 3.85. The average Bonchev–Trinajstić information content (AvgIpc) is 2.59. The summed E-state index contributed by atoms with van der Waals surface area (Å²) in [6.07, 6.45) is 5.96. The van der Waals surface area contributed by atoms with Crippen LogP contribution in [0.4, 0.5) is 0 Å². The van der Waals surface area contributed by atoms with Gasteiger partial charge < -0.3 is 0 Å². The first kappa shape index (κ1) is 13.7. The van der Waals surface area contributed by atoms with Crippen molar-refractivity contribution in [2.24, 2.45) is 7.05 Å². The molecule has 2 nitrogen and oxygen atoms in total. The molecule has 5 heteroatoms. The molecule has 0 fully saturated rings. The van der Waals surface area contributed by atoms with Gasteiger partial charge in [0.15, 0.2) is 0 Å². The number of nitrogens with zero attached hydrogens (tertiary/aromatic N) is 2. The molecule has 0 N–H and O–H groups in total. The van der Waals surface area contributed by atoms with E-state index in [9.17, 15) is 0 Å². The predicted octanol–water partition coefficient (Wildman–Crippen LogP) is 4.07. The largest absolute Gasteiger partial charge is 0.266 e. The maximum Gasteiger partial charge on any atom is 0.0880 e. The zero-order chi connectivity index (χ0) is 13.3. The molecule has 1 aromatic heterocycles. The van der Waals surface area contributed by atoms with Crippen LogP contribution in [0.25, 0.3) is 11.3 Å². The van der Waals surface area contributed by atoms with Crippen LogP contribution in [0.15, 0.2) is 24.4 Å². The van der Waals surface area contributed by atoms with Crippen molar-refractivity contribution in [1.82, 2.24) is 9.78 Å². The van der Waals surface area contributed by atoms with E-state index < -0.39 is 0 Å². The molecule has 0 aliphatic rings. The minimum absolute atomic E-state index is 0.246. The lowest BCUT2D eigenvalue weighted by molar-refractivity contribution is 0.776. The standard InChI is InChI=1S/C13H14Cl2N2S/c1-17-13(12(15)7-16-17)10-5-4-9(6-11(10)14)8-18(2)3/h4-8H,1-3H3. The summed E-state index contributed by atoms with van der Waals surface area (Å²) in [7, 11) is 2.10. The van der Waals surface area contributed by atoms with Crippen LogP contribution in [0.3, 0.4) is 0 Å². The van der Waals surface area contributed by atoms with E-state index in [1.807, 2.05) is 19.2 Å². The van der Waals surface area contributed by atoms with Crippen LogP contribution >= 0.6 is 33.7 Å². The first-order valence-electron chi connectivity index (χ1n) is 5.37. The highest BCUT2D eigenvalue weighted by Crippen LogP contribution is 2.33. The van der Waals surface area contributed by atoms with E-state index in [4.69, 9.17) is 23.2 Å². The molecule has 18 heavy (non-hydrogen) atoms. The van der Waals surface area contributed by atoms with Crippen molar-refractivity contribution in [3.63, 3.8) is 0 Å². The van der Waals surface area contributed by atoms with Gasteiger partial charge in [0.1, 0.15) is 0 Å². The van der Waals surface area contributed by atoms with Gasteiger partial charge in [-0.3, -0.25) is 4.68 Å². The lowest BCUT2D eigenvalue weighted by atomic mass is 10.1. The van der Waals surface area contributed by atoms with Crippen LogP contribution in [-0.4, -0.2) is 27.7 Å². The van der Waals surface area contributed by atoms with Gasteiger partial charge in [-0.2, -0.15) is 15.6 Å². The quantitative estimate of drug-likeness (QED) is 0.764. The number of hydrogen-bond acceptors (Lipinski definition) is 1. The summed E-state index contributed by atoms with van der Waals surface area (Å²) in [5.74, 6) is 0. The Balaban J connectivity index is 2.52. The molecule has 0 aliphatic carbocycles. The molecule has 0 amide bonds. The van der Waals surface area contributed by atoms with Gasteiger partial charge in [0.05, 0.1) is 21.9 Å². The van der Waals surface area contributed by atoms with Crippen LogP contribution in [-0.2, 0) is 7.05 Å². The molecule has 0 aliphatic heterocycles. The molecule has 96 valence electrons. The van der Waals surface area contributed by atoms with Crippen molar-refractivity contribution >= 4 is 39.1 Å². The summed E-state index contributed by atoms with van der Waals surface area (Å²) in [5.41, 5.74) is 2.89. The van der Waals surface area contributed by atoms with Crippen molar-refractivity contribution in [3.05, 3.63) is 40.0 Å². The second-order valence-electron chi connectivity index (χ2n) is 4.20. The van der Waals surface area contributed by atoms with Crippen molar-refractivity contribution < 1.29 is 0 Å². The van der Waals surface area contributed by atoms with Crippen LogP contribution in [0.2, 0.25) is 10.0 Å². The second-order valence-corrected chi connectivity index (χ2v) is 7.01. The van der Waals surface area contributed by atoms with E-state index in [1.54, 1.807) is 10.9 Å². The minimum Gasteiger partial charge on any atom is -0.266 e. The van der Waals surface area contributed by atoms with E-state index in [0.717, 1.165) is 16.8 Å². The Morgan fingerprint density at radius 2 is 1.94 bits per heavy atom. The molecule has 0 unspecified atom stereocenters. The van der Waals surface area contributed by atoms with Crippen LogP contribution < -0.4 is 0 Å². The SMILES string of the molecule is Cn1ncc(Cl)c1-c1ccc(C=S(C)C)cc1Cl. The monoisotopic (exact) mass is 300 g/mol. The van der Waals surface area contributed by atoms with Crippen LogP contribution in [0.1, 0.15) is 5.56 Å². The summed E-state index contributed by atoms with van der Waals surface area (Å²) in [5, 5.41) is 7.63. The first-order chi connectivity index (χ1) is 8.49. The molecule has 0 radical (unpaired) electrons. The molecule has 2 rings (SSSR count). The van der Waals surface area contributed by atoms with Crippen molar-refractivity contribution in [2.45, 2.75) is 0 Å². The Kier molecular flexibility index (Phi) is 4.15. The number of aryl methyl sites for hydroxylation is 1. The minimum atomic E-state index is 0.246. The smallest absolute Gasteiger partial charge is 0.0880 e. The molecule has 0 spiro atoms. The number of benzene rings is 1. The van der Waals surface area contributed by atoms with Gasteiger partial charge in [-0.05, 0) is 29.5 Å². The normalized spacial score (nSPS) is 11.0. The lowest BCUT2D eigenvalue weighted by Crippen LogP contribution is -1.95. The summed E-state index contributed by atoms with van der Waals surface area (Å²) in [6.45, 7) is 0. The van der Waals surface area contributed by atoms with Gasteiger partial charge in [0.25, 0.3) is 0 Å². The highest BCUT2D eigenvalue weighted by Gasteiger charge is 2.12. The molecular weight excluding hydrogens is 287 g/mol. The topological polar surface area (TPSA) is 17.8 Å². The van der Waals surface area contributed by atoms with Crippen molar-refractivity contribution in [2.75, 3.05) is 12.5 Å². The number of halogens is 2. The summed E-state index contributed by atoms with van der Waals surface area (Å²) in [6, 6.07) is 6.01. The molecule has 1 aromatic carbocycles. The zero-order valence-corrected chi connectivity index (χ0v) is 12.8. The predicted molar refractivity (Wildman–Crippen MR) is 83.3 cm³/mol. The zero-order valence-electron chi connectivity index (χ0n) is 10.4. The van der Waals surface area contributed by atoms with E-state index in [2.05, 4.69) is 29.0 Å². The number of aromatic nitrogens is 2. The molecule has 1 heterocycles. The Morgan fingerprint density at radius 1 is 1.22 bits per heavy atom. The highest BCUT2D eigenvalue weighted by molar-refractivity contribution is 8.14. The van der Waals surface area contributed by atoms with Gasteiger partial charge in [-0.25, -0.2) is 0 Å². The van der Waals surface area contributed by atoms with Gasteiger partial charge >= 0.3 is 0 Å². The summed E-state index contributed by atoms with van der Waals surface area (Å²) < 4.78 is 1.73. The molecule has 2 aromatic rings. The van der Waals surface area contributed by atoms with Crippen molar-refractivity contribution in [3.8, 4) is 11.3 Å². The van der Waals surface area contributed by atoms with Crippen molar-refractivity contribution in [1.29, 1.82) is 0 Å². The van der Waals surface area contributed by atoms with E-state index in [1.165, 1.54) is 0 Å². The fourth-order valence-corrected chi connectivity index (χ4v) is 3.02. The first-order valence-corrected chi connectivity index (χ1v) is 8.23.